The van der Waals surface area contributed by atoms with Crippen LogP contribution in [0.25, 0.3) is 0 Å². The van der Waals surface area contributed by atoms with Gasteiger partial charge < -0.3 is 40.3 Å². The van der Waals surface area contributed by atoms with E-state index in [4.69, 9.17) is 9.47 Å². The summed E-state index contributed by atoms with van der Waals surface area (Å²) in [5.74, 6) is -3.22. The van der Waals surface area contributed by atoms with Crippen LogP contribution in [0.5, 0.6) is 0 Å². The van der Waals surface area contributed by atoms with E-state index in [1.54, 1.807) is 36.9 Å². The van der Waals surface area contributed by atoms with E-state index in [1.165, 1.54) is 32.8 Å². The van der Waals surface area contributed by atoms with Crippen molar-refractivity contribution in [3.8, 4) is 0 Å². The van der Waals surface area contributed by atoms with E-state index in [2.05, 4.69) is 43.0 Å². The van der Waals surface area contributed by atoms with E-state index < -0.39 is 54.2 Å². The first-order valence-corrected chi connectivity index (χ1v) is 18.6. The van der Waals surface area contributed by atoms with Crippen molar-refractivity contribution in [3.63, 3.8) is 0 Å². The number of rotatable bonds is 22. The summed E-state index contributed by atoms with van der Waals surface area (Å²) < 4.78 is 11.7. The Labute approximate surface area is 313 Å². The lowest BCUT2D eigenvalue weighted by Gasteiger charge is -2.39. The minimum Gasteiger partial charge on any atom is -0.480 e. The van der Waals surface area contributed by atoms with Gasteiger partial charge in [-0.1, -0.05) is 92.7 Å². The Morgan fingerprint density at radius 2 is 1.62 bits per heavy atom. The number of nitrogens with zero attached hydrogens (tertiary/aromatic N) is 2. The van der Waals surface area contributed by atoms with E-state index in [1.807, 2.05) is 27.7 Å². The van der Waals surface area contributed by atoms with Gasteiger partial charge in [0.1, 0.15) is 6.04 Å². The van der Waals surface area contributed by atoms with Crippen LogP contribution in [0.2, 0.25) is 0 Å². The molecule has 298 valence electrons. The third kappa shape index (κ3) is 14.8. The van der Waals surface area contributed by atoms with Crippen molar-refractivity contribution < 1.29 is 38.6 Å². The second kappa shape index (κ2) is 25.4. The lowest BCUT2D eigenvalue weighted by Crippen LogP contribution is -2.55. The van der Waals surface area contributed by atoms with Gasteiger partial charge in [-0.15, -0.1) is 0 Å². The molecule has 1 saturated heterocycles. The number of likely N-dealkylation sites (N-methyl/N-ethyl adjacent to an activating group) is 2. The molecule has 0 aliphatic carbocycles. The summed E-state index contributed by atoms with van der Waals surface area (Å²) in [5.41, 5.74) is 0.611. The maximum atomic E-state index is 13.9. The zero-order valence-corrected chi connectivity index (χ0v) is 33.7. The van der Waals surface area contributed by atoms with Crippen LogP contribution >= 0.6 is 0 Å². The molecule has 0 saturated carbocycles. The maximum Gasteiger partial charge on any atom is 0.326 e. The van der Waals surface area contributed by atoms with Crippen LogP contribution in [0, 0.1) is 17.8 Å². The molecule has 1 heterocycles. The summed E-state index contributed by atoms with van der Waals surface area (Å²) in [7, 11) is 6.35. The number of carbonyl (C=O) groups is 5. The SMILES string of the molecule is C=C/C=C(\C=C)CC(NC(=O)C(C)C(OC)C1CCCN1C(=O)CC(OC)C(C(C)CC)N(C)C(=O)CNC(=O)C(NC)C(C)C)C(=O)O.CCC. The van der Waals surface area contributed by atoms with E-state index in [9.17, 15) is 29.1 Å². The standard InChI is InChI=1S/C36H61N5O8.C3H8/c1-12-16-25(14-3)19-26(36(46)47)39-34(44)24(7)33(49-11)27-17-15-18-41(27)29(42)20-28(48-10)32(23(6)13-2)40(9)30(43)21-38-35(45)31(37-8)22(4)5;1-3-2/h12,14,16,22-24,26-28,31-33,37H,1,3,13,15,17-21H2,2,4-11H3,(H,38,45)(H,39,44)(H,46,47);3H2,1-2H3/b25-16+;. The molecule has 0 bridgehead atoms. The summed E-state index contributed by atoms with van der Waals surface area (Å²) >= 11 is 0. The van der Waals surface area contributed by atoms with Gasteiger partial charge in [-0.05, 0) is 37.3 Å². The van der Waals surface area contributed by atoms with Gasteiger partial charge in [0.15, 0.2) is 0 Å². The average Bonchev–Trinajstić information content (AvgIpc) is 3.59. The average molecular weight is 736 g/mol. The van der Waals surface area contributed by atoms with Crippen LogP contribution in [0.15, 0.2) is 37.0 Å². The Morgan fingerprint density at radius 3 is 2.08 bits per heavy atom. The van der Waals surface area contributed by atoms with Crippen LogP contribution in [0.3, 0.4) is 0 Å². The molecule has 0 aromatic heterocycles. The molecule has 0 radical (unpaired) electrons. The van der Waals surface area contributed by atoms with Gasteiger partial charge in [-0.2, -0.15) is 0 Å². The summed E-state index contributed by atoms with van der Waals surface area (Å²) in [4.78, 5) is 68.5. The summed E-state index contributed by atoms with van der Waals surface area (Å²) in [6.45, 7) is 21.3. The first kappa shape index (κ1) is 48.5. The zero-order chi connectivity index (χ0) is 40.1. The Morgan fingerprint density at radius 1 is 1.00 bits per heavy atom. The second-order valence-electron chi connectivity index (χ2n) is 13.9. The van der Waals surface area contributed by atoms with Gasteiger partial charge in [0.2, 0.25) is 23.6 Å². The highest BCUT2D eigenvalue weighted by Crippen LogP contribution is 2.29. The number of carbonyl (C=O) groups excluding carboxylic acids is 4. The molecule has 0 aromatic rings. The van der Waals surface area contributed by atoms with Crippen molar-refractivity contribution in [2.45, 2.75) is 123 Å². The number of methoxy groups -OCH3 is 2. The monoisotopic (exact) mass is 736 g/mol. The lowest BCUT2D eigenvalue weighted by atomic mass is 9.90. The zero-order valence-electron chi connectivity index (χ0n) is 33.7. The molecule has 8 atom stereocenters. The highest BCUT2D eigenvalue weighted by Gasteiger charge is 2.42. The number of aliphatic carboxylic acids is 1. The van der Waals surface area contributed by atoms with Crippen LogP contribution in [0.1, 0.15) is 87.0 Å². The largest absolute Gasteiger partial charge is 0.480 e. The van der Waals surface area contributed by atoms with E-state index >= 15 is 0 Å². The molecule has 8 unspecified atom stereocenters. The van der Waals surface area contributed by atoms with Gasteiger partial charge in [0, 0.05) is 34.2 Å². The van der Waals surface area contributed by atoms with Gasteiger partial charge in [0.25, 0.3) is 0 Å². The van der Waals surface area contributed by atoms with Gasteiger partial charge in [-0.3, -0.25) is 19.2 Å². The fraction of sp³-hybridized carbons (Fsp3) is 0.718. The Bertz CT molecular complexity index is 1190. The highest BCUT2D eigenvalue weighted by atomic mass is 16.5. The smallest absolute Gasteiger partial charge is 0.326 e. The van der Waals surface area contributed by atoms with Gasteiger partial charge in [0.05, 0.1) is 49.2 Å². The number of hydrogen-bond donors (Lipinski definition) is 4. The Hall–Kier alpha value is -3.55. The molecule has 0 spiro atoms. The van der Waals surface area contributed by atoms with Crippen molar-refractivity contribution in [1.82, 2.24) is 25.8 Å². The predicted molar refractivity (Wildman–Crippen MR) is 205 cm³/mol. The molecule has 13 heteroatoms. The molecule has 1 fully saturated rings. The highest BCUT2D eigenvalue weighted by molar-refractivity contribution is 5.88. The molecule has 4 amide bonds. The Kier molecular flexibility index (Phi) is 23.7. The summed E-state index contributed by atoms with van der Waals surface area (Å²) in [6.07, 6.45) is 6.62. The van der Waals surface area contributed by atoms with Crippen LogP contribution < -0.4 is 16.0 Å². The fourth-order valence-corrected chi connectivity index (χ4v) is 6.60. The molecule has 4 N–H and O–H groups in total. The lowest BCUT2D eigenvalue weighted by molar-refractivity contribution is -0.147. The van der Waals surface area contributed by atoms with Gasteiger partial charge in [-0.25, -0.2) is 4.79 Å². The quantitative estimate of drug-likeness (QED) is 0.121. The second-order valence-corrected chi connectivity index (χ2v) is 13.9. The van der Waals surface area contributed by atoms with Crippen molar-refractivity contribution in [2.75, 3.05) is 41.4 Å². The van der Waals surface area contributed by atoms with E-state index in [0.29, 0.717) is 25.0 Å². The van der Waals surface area contributed by atoms with Crippen molar-refractivity contribution >= 4 is 29.6 Å². The van der Waals surface area contributed by atoms with E-state index in [-0.39, 0.29) is 48.9 Å². The normalized spacial score (nSPS) is 18.4. The number of carboxylic acid groups (broad SMARTS) is 1. The number of nitrogens with one attached hydrogen (secondary N) is 3. The number of carboxylic acids is 1. The number of allylic oxidation sites excluding steroid dienone is 3. The molecular formula is C39H69N5O8. The van der Waals surface area contributed by atoms with Crippen molar-refractivity contribution in [2.24, 2.45) is 17.8 Å². The molecule has 1 aliphatic rings. The van der Waals surface area contributed by atoms with Crippen molar-refractivity contribution in [1.29, 1.82) is 0 Å². The van der Waals surface area contributed by atoms with Crippen LogP contribution in [0.4, 0.5) is 0 Å². The topological polar surface area (TPSA) is 167 Å². The predicted octanol–water partition coefficient (Wildman–Crippen LogP) is 3.94. The van der Waals surface area contributed by atoms with Gasteiger partial charge >= 0.3 is 5.97 Å². The first-order chi connectivity index (χ1) is 24.5. The fourth-order valence-electron chi connectivity index (χ4n) is 6.60. The minimum absolute atomic E-state index is 0.0147. The van der Waals surface area contributed by atoms with Crippen LogP contribution in [-0.4, -0.2) is 122 Å². The summed E-state index contributed by atoms with van der Waals surface area (Å²) in [6, 6.07) is -2.51. The van der Waals surface area contributed by atoms with Crippen molar-refractivity contribution in [3.05, 3.63) is 37.0 Å². The molecule has 1 rings (SSSR count). The van der Waals surface area contributed by atoms with E-state index in [0.717, 1.165) is 6.42 Å². The van der Waals surface area contributed by atoms with Crippen LogP contribution in [-0.2, 0) is 33.4 Å². The third-order valence-corrected chi connectivity index (χ3v) is 9.63. The maximum absolute atomic E-state index is 13.9. The number of likely N-dealkylation sites (tertiary alicyclic amines) is 1. The number of amides is 4. The summed E-state index contributed by atoms with van der Waals surface area (Å²) in [5, 5.41) is 18.1. The molecule has 52 heavy (non-hydrogen) atoms. The number of hydrogen-bond acceptors (Lipinski definition) is 8. The molecule has 13 nitrogen and oxygen atoms in total. The molecular weight excluding hydrogens is 666 g/mol. The minimum atomic E-state index is -1.19. The number of ether oxygens (including phenoxy) is 2. The first-order valence-electron chi connectivity index (χ1n) is 18.6. The third-order valence-electron chi connectivity index (χ3n) is 9.63. The molecule has 1 aliphatic heterocycles. The molecule has 0 aromatic carbocycles. The Balaban J connectivity index is 0.00000835.